The Hall–Kier alpha value is -2.46. The SMILES string of the molecule is CC(C)(C)OC(=O)C(C=O)C(N)c1ccc(-c2ccccc2)cc1. The molecule has 4 nitrogen and oxygen atoms in total. The van der Waals surface area contributed by atoms with Crippen LogP contribution in [-0.2, 0) is 14.3 Å². The van der Waals surface area contributed by atoms with Gasteiger partial charge < -0.3 is 15.3 Å². The molecule has 0 aliphatic heterocycles. The molecule has 2 aromatic rings. The summed E-state index contributed by atoms with van der Waals surface area (Å²) < 4.78 is 5.28. The maximum absolute atomic E-state index is 12.2. The van der Waals surface area contributed by atoms with Gasteiger partial charge in [-0.1, -0.05) is 54.6 Å². The zero-order valence-corrected chi connectivity index (χ0v) is 14.2. The fourth-order valence-electron chi connectivity index (χ4n) is 2.39. The molecule has 0 radical (unpaired) electrons. The Labute approximate surface area is 142 Å². The Kier molecular flexibility index (Phi) is 5.52. The molecule has 0 saturated heterocycles. The quantitative estimate of drug-likeness (QED) is 0.519. The summed E-state index contributed by atoms with van der Waals surface area (Å²) in [4.78, 5) is 23.5. The molecule has 4 heteroatoms. The summed E-state index contributed by atoms with van der Waals surface area (Å²) in [6, 6.07) is 16.8. The summed E-state index contributed by atoms with van der Waals surface area (Å²) in [5.74, 6) is -1.62. The molecule has 2 aromatic carbocycles. The van der Waals surface area contributed by atoms with E-state index < -0.39 is 23.5 Å². The number of hydrogen-bond donors (Lipinski definition) is 1. The lowest BCUT2D eigenvalue weighted by Gasteiger charge is -2.24. The fourth-order valence-corrected chi connectivity index (χ4v) is 2.39. The van der Waals surface area contributed by atoms with E-state index in [4.69, 9.17) is 10.5 Å². The zero-order chi connectivity index (χ0) is 17.7. The first-order valence-electron chi connectivity index (χ1n) is 7.91. The molecule has 0 bridgehead atoms. The molecule has 0 aliphatic rings. The summed E-state index contributed by atoms with van der Waals surface area (Å²) in [5.41, 5.74) is 8.33. The van der Waals surface area contributed by atoms with Gasteiger partial charge in [-0.3, -0.25) is 4.79 Å². The van der Waals surface area contributed by atoms with Crippen molar-refractivity contribution in [3.63, 3.8) is 0 Å². The molecule has 0 aliphatic carbocycles. The van der Waals surface area contributed by atoms with Crippen LogP contribution in [0.3, 0.4) is 0 Å². The number of aldehydes is 1. The van der Waals surface area contributed by atoms with Crippen molar-refractivity contribution in [2.45, 2.75) is 32.4 Å². The number of carbonyl (C=O) groups excluding carboxylic acids is 2. The van der Waals surface area contributed by atoms with Crippen molar-refractivity contribution in [3.8, 4) is 11.1 Å². The lowest BCUT2D eigenvalue weighted by Crippen LogP contribution is -2.35. The van der Waals surface area contributed by atoms with E-state index in [9.17, 15) is 9.59 Å². The number of rotatable bonds is 5. The fraction of sp³-hybridized carbons (Fsp3) is 0.300. The second kappa shape index (κ2) is 7.41. The summed E-state index contributed by atoms with van der Waals surface area (Å²) in [6.45, 7) is 5.27. The van der Waals surface area contributed by atoms with Gasteiger partial charge in [0.15, 0.2) is 0 Å². The number of ether oxygens (including phenoxy) is 1. The van der Waals surface area contributed by atoms with Crippen molar-refractivity contribution in [3.05, 3.63) is 60.2 Å². The topological polar surface area (TPSA) is 69.4 Å². The zero-order valence-electron chi connectivity index (χ0n) is 14.2. The van der Waals surface area contributed by atoms with Crippen LogP contribution in [0.25, 0.3) is 11.1 Å². The first kappa shape index (κ1) is 17.9. The highest BCUT2D eigenvalue weighted by Crippen LogP contribution is 2.25. The molecule has 0 aromatic heterocycles. The average molecular weight is 325 g/mol. The van der Waals surface area contributed by atoms with E-state index in [0.717, 1.165) is 16.7 Å². The smallest absolute Gasteiger partial charge is 0.318 e. The van der Waals surface area contributed by atoms with Crippen molar-refractivity contribution in [1.29, 1.82) is 0 Å². The summed E-state index contributed by atoms with van der Waals surface area (Å²) in [6.07, 6.45) is 0.559. The van der Waals surface area contributed by atoms with Crippen LogP contribution in [0.2, 0.25) is 0 Å². The number of hydrogen-bond acceptors (Lipinski definition) is 4. The molecule has 2 unspecified atom stereocenters. The second-order valence-corrected chi connectivity index (χ2v) is 6.71. The van der Waals surface area contributed by atoms with Gasteiger partial charge in [-0.25, -0.2) is 0 Å². The monoisotopic (exact) mass is 325 g/mol. The van der Waals surface area contributed by atoms with Crippen LogP contribution in [-0.4, -0.2) is 17.9 Å². The highest BCUT2D eigenvalue weighted by Gasteiger charge is 2.30. The third-order valence-electron chi connectivity index (χ3n) is 3.62. The minimum Gasteiger partial charge on any atom is -0.459 e. The second-order valence-electron chi connectivity index (χ2n) is 6.71. The van der Waals surface area contributed by atoms with Crippen molar-refractivity contribution in [2.75, 3.05) is 0 Å². The minimum atomic E-state index is -1.02. The van der Waals surface area contributed by atoms with Crippen LogP contribution in [0.4, 0.5) is 0 Å². The molecule has 2 atom stereocenters. The van der Waals surface area contributed by atoms with Gasteiger partial charge in [0.25, 0.3) is 0 Å². The van der Waals surface area contributed by atoms with Crippen molar-refractivity contribution in [2.24, 2.45) is 11.7 Å². The first-order valence-corrected chi connectivity index (χ1v) is 7.91. The maximum atomic E-state index is 12.2. The molecule has 0 heterocycles. The highest BCUT2D eigenvalue weighted by atomic mass is 16.6. The van der Waals surface area contributed by atoms with Gasteiger partial charge in [0.1, 0.15) is 17.8 Å². The number of nitrogens with two attached hydrogens (primary N) is 1. The minimum absolute atomic E-state index is 0.559. The van der Waals surface area contributed by atoms with E-state index in [-0.39, 0.29) is 0 Å². The van der Waals surface area contributed by atoms with Gasteiger partial charge in [-0.15, -0.1) is 0 Å². The summed E-state index contributed by atoms with van der Waals surface area (Å²) in [5, 5.41) is 0. The van der Waals surface area contributed by atoms with Crippen molar-refractivity contribution >= 4 is 12.3 Å². The summed E-state index contributed by atoms with van der Waals surface area (Å²) in [7, 11) is 0. The van der Waals surface area contributed by atoms with Crippen molar-refractivity contribution < 1.29 is 14.3 Å². The maximum Gasteiger partial charge on any atom is 0.318 e. The lowest BCUT2D eigenvalue weighted by atomic mass is 9.93. The van der Waals surface area contributed by atoms with Crippen LogP contribution in [0.1, 0.15) is 32.4 Å². The molecule has 0 spiro atoms. The van der Waals surface area contributed by atoms with Gasteiger partial charge in [0, 0.05) is 6.04 Å². The Morgan fingerprint density at radius 1 is 1.00 bits per heavy atom. The molecule has 0 saturated carbocycles. The Balaban J connectivity index is 2.17. The van der Waals surface area contributed by atoms with E-state index in [1.54, 1.807) is 20.8 Å². The molecule has 2 rings (SSSR count). The lowest BCUT2D eigenvalue weighted by molar-refractivity contribution is -0.161. The number of esters is 1. The predicted molar refractivity (Wildman–Crippen MR) is 94.2 cm³/mol. The van der Waals surface area contributed by atoms with E-state index >= 15 is 0 Å². The predicted octanol–water partition coefficient (Wildman–Crippen LogP) is 3.51. The van der Waals surface area contributed by atoms with Crippen LogP contribution in [0.15, 0.2) is 54.6 Å². The molecule has 126 valence electrons. The average Bonchev–Trinajstić information content (AvgIpc) is 2.55. The Morgan fingerprint density at radius 2 is 1.54 bits per heavy atom. The van der Waals surface area contributed by atoms with Crippen LogP contribution in [0, 0.1) is 5.92 Å². The standard InChI is InChI=1S/C20H23NO3/c1-20(2,3)24-19(23)17(13-22)18(21)16-11-9-15(10-12-16)14-7-5-4-6-8-14/h4-13,17-18H,21H2,1-3H3. The Bertz CT molecular complexity index is 687. The number of benzene rings is 2. The van der Waals surface area contributed by atoms with Crippen molar-refractivity contribution in [1.82, 2.24) is 0 Å². The summed E-state index contributed by atoms with van der Waals surface area (Å²) >= 11 is 0. The molecule has 0 fully saturated rings. The van der Waals surface area contributed by atoms with Crippen LogP contribution in [0.5, 0.6) is 0 Å². The van der Waals surface area contributed by atoms with Gasteiger partial charge in [-0.05, 0) is 37.5 Å². The molecule has 0 amide bonds. The van der Waals surface area contributed by atoms with E-state index in [1.807, 2.05) is 54.6 Å². The molecule has 24 heavy (non-hydrogen) atoms. The van der Waals surface area contributed by atoms with Crippen LogP contribution < -0.4 is 5.73 Å². The van der Waals surface area contributed by atoms with Gasteiger partial charge in [0.05, 0.1) is 0 Å². The largest absolute Gasteiger partial charge is 0.459 e. The number of carbonyl (C=O) groups is 2. The van der Waals surface area contributed by atoms with Crippen LogP contribution >= 0.6 is 0 Å². The van der Waals surface area contributed by atoms with Gasteiger partial charge in [0.2, 0.25) is 0 Å². The third kappa shape index (κ3) is 4.52. The van der Waals surface area contributed by atoms with E-state index in [0.29, 0.717) is 6.29 Å². The highest BCUT2D eigenvalue weighted by molar-refractivity contribution is 5.89. The molecular weight excluding hydrogens is 302 g/mol. The Morgan fingerprint density at radius 3 is 2.04 bits per heavy atom. The van der Waals surface area contributed by atoms with E-state index in [1.165, 1.54) is 0 Å². The third-order valence-corrected chi connectivity index (χ3v) is 3.62. The normalized spacial score (nSPS) is 13.8. The van der Waals surface area contributed by atoms with E-state index in [2.05, 4.69) is 0 Å². The molecule has 2 N–H and O–H groups in total. The van der Waals surface area contributed by atoms with Gasteiger partial charge in [-0.2, -0.15) is 0 Å². The van der Waals surface area contributed by atoms with Gasteiger partial charge >= 0.3 is 5.97 Å². The first-order chi connectivity index (χ1) is 11.3. The molecular formula is C20H23NO3.